The summed E-state index contributed by atoms with van der Waals surface area (Å²) in [5, 5.41) is 0. The molecule has 5 rings (SSSR count). The van der Waals surface area contributed by atoms with E-state index in [2.05, 4.69) is 62.8 Å². The molecule has 2 aromatic rings. The molecule has 0 saturated carbocycles. The summed E-state index contributed by atoms with van der Waals surface area (Å²) in [6.07, 6.45) is 8.75. The molecule has 0 saturated heterocycles. The van der Waals surface area contributed by atoms with Crippen LogP contribution in [0.25, 0.3) is 0 Å². The Hall–Kier alpha value is -3.78. The van der Waals surface area contributed by atoms with Crippen LogP contribution in [0.2, 0.25) is 0 Å². The molecule has 1 aliphatic heterocycles. The lowest BCUT2D eigenvalue weighted by molar-refractivity contribution is -0.119. The molecule has 0 amide bonds. The predicted octanol–water partition coefficient (Wildman–Crippen LogP) is 7.03. The Balaban J connectivity index is 1.69. The van der Waals surface area contributed by atoms with E-state index in [4.69, 9.17) is 15.9 Å². The van der Waals surface area contributed by atoms with E-state index < -0.39 is 5.92 Å². The van der Waals surface area contributed by atoms with Crippen LogP contribution < -0.4 is 9.47 Å². The second kappa shape index (κ2) is 11.2. The highest BCUT2D eigenvalue weighted by atomic mass is 16.5. The van der Waals surface area contributed by atoms with E-state index in [-0.39, 0.29) is 29.0 Å². The van der Waals surface area contributed by atoms with Crippen LogP contribution in [-0.2, 0) is 16.0 Å². The summed E-state index contributed by atoms with van der Waals surface area (Å²) >= 11 is 0. The second-order valence-corrected chi connectivity index (χ2v) is 13.1. The molecule has 3 aliphatic rings. The van der Waals surface area contributed by atoms with Crippen molar-refractivity contribution in [2.24, 2.45) is 10.8 Å². The first-order valence-electron chi connectivity index (χ1n) is 14.7. The van der Waals surface area contributed by atoms with Crippen molar-refractivity contribution in [3.63, 3.8) is 0 Å². The van der Waals surface area contributed by atoms with Gasteiger partial charge >= 0.3 is 0 Å². The van der Waals surface area contributed by atoms with Crippen LogP contribution in [0.3, 0.4) is 0 Å². The molecule has 1 heterocycles. The van der Waals surface area contributed by atoms with Crippen LogP contribution in [-0.4, -0.2) is 36.2 Å². The molecule has 5 heteroatoms. The lowest BCUT2D eigenvalue weighted by Gasteiger charge is -2.49. The van der Waals surface area contributed by atoms with Gasteiger partial charge in [0.05, 0.1) is 6.61 Å². The van der Waals surface area contributed by atoms with Crippen LogP contribution in [0.1, 0.15) is 77.3 Å². The van der Waals surface area contributed by atoms with Gasteiger partial charge in [0.1, 0.15) is 6.61 Å². The minimum Gasteiger partial charge on any atom is -0.490 e. The van der Waals surface area contributed by atoms with Gasteiger partial charge in [0.25, 0.3) is 0 Å². The van der Waals surface area contributed by atoms with Crippen LogP contribution in [0.4, 0.5) is 0 Å². The van der Waals surface area contributed by atoms with E-state index in [1.165, 1.54) is 5.56 Å². The van der Waals surface area contributed by atoms with Crippen molar-refractivity contribution in [2.75, 3.05) is 19.8 Å². The number of ether oxygens (including phenoxy) is 2. The van der Waals surface area contributed by atoms with Crippen molar-refractivity contribution in [1.29, 1.82) is 0 Å². The van der Waals surface area contributed by atoms with Gasteiger partial charge in [-0.3, -0.25) is 9.59 Å². The molecule has 5 nitrogen and oxygen atoms in total. The average Bonchev–Trinajstić information content (AvgIpc) is 2.90. The highest BCUT2D eigenvalue weighted by Gasteiger charge is 2.49. The average molecular weight is 552 g/mol. The van der Waals surface area contributed by atoms with Crippen molar-refractivity contribution in [2.45, 2.75) is 72.6 Å². The fraction of sp³-hybridized carbons (Fsp3) is 0.444. The Labute approximate surface area is 244 Å². The van der Waals surface area contributed by atoms with Gasteiger partial charge in [0.2, 0.25) is 0 Å². The summed E-state index contributed by atoms with van der Waals surface area (Å²) in [6, 6.07) is 16.2. The maximum absolute atomic E-state index is 14.1. The summed E-state index contributed by atoms with van der Waals surface area (Å²) in [4.78, 5) is 30.5. The monoisotopic (exact) mass is 551 g/mol. The normalized spacial score (nSPS) is 20.0. The number of ketones is 2. The van der Waals surface area contributed by atoms with Gasteiger partial charge < -0.3 is 14.4 Å². The van der Waals surface area contributed by atoms with E-state index in [0.29, 0.717) is 30.9 Å². The molecule has 0 bridgehead atoms. The maximum atomic E-state index is 14.1. The number of terminal acetylenes is 1. The van der Waals surface area contributed by atoms with Crippen LogP contribution >= 0.6 is 0 Å². The van der Waals surface area contributed by atoms with E-state index in [1.54, 1.807) is 0 Å². The number of carbonyl (C=O) groups is 2. The fourth-order valence-electron chi connectivity index (χ4n) is 6.75. The van der Waals surface area contributed by atoms with Gasteiger partial charge in [-0.25, -0.2) is 0 Å². The summed E-state index contributed by atoms with van der Waals surface area (Å²) in [5.41, 5.74) is 5.47. The topological polar surface area (TPSA) is 55.8 Å². The predicted molar refractivity (Wildman–Crippen MR) is 162 cm³/mol. The minimum atomic E-state index is -0.430. The molecule has 0 fully saturated rings. The van der Waals surface area contributed by atoms with Crippen LogP contribution in [0, 0.1) is 23.2 Å². The zero-order valence-electron chi connectivity index (χ0n) is 25.0. The Bertz CT molecular complexity index is 1400. The number of nitrogens with zero attached hydrogens (tertiary/aromatic N) is 1. The number of Topliss-reactive ketones (excluding diaryl/α,β-unsaturated/α-hetero) is 2. The van der Waals surface area contributed by atoms with E-state index >= 15 is 0 Å². The molecule has 2 aromatic carbocycles. The fourth-order valence-corrected chi connectivity index (χ4v) is 6.75. The van der Waals surface area contributed by atoms with Crippen LogP contribution in [0.15, 0.2) is 71.1 Å². The summed E-state index contributed by atoms with van der Waals surface area (Å²) in [7, 11) is 0. The van der Waals surface area contributed by atoms with Gasteiger partial charge in [-0.15, -0.1) is 6.42 Å². The molecular formula is C36H41NO4. The largest absolute Gasteiger partial charge is 0.490 e. The van der Waals surface area contributed by atoms with Crippen molar-refractivity contribution < 1.29 is 19.1 Å². The number of allylic oxidation sites excluding steroid dienone is 4. The smallest absolute Gasteiger partial charge is 0.162 e. The third-order valence-corrected chi connectivity index (χ3v) is 8.40. The third kappa shape index (κ3) is 5.84. The van der Waals surface area contributed by atoms with Gasteiger partial charge in [0.15, 0.2) is 23.1 Å². The Morgan fingerprint density at radius 2 is 1.46 bits per heavy atom. The van der Waals surface area contributed by atoms with Gasteiger partial charge in [0, 0.05) is 47.8 Å². The molecule has 214 valence electrons. The first-order valence-corrected chi connectivity index (χ1v) is 14.7. The van der Waals surface area contributed by atoms with Crippen molar-refractivity contribution >= 4 is 11.6 Å². The van der Waals surface area contributed by atoms with Gasteiger partial charge in [-0.1, -0.05) is 70.0 Å². The molecule has 0 radical (unpaired) electrons. The molecule has 0 spiro atoms. The first-order chi connectivity index (χ1) is 19.5. The maximum Gasteiger partial charge on any atom is 0.162 e. The molecule has 0 atom stereocenters. The third-order valence-electron chi connectivity index (χ3n) is 8.40. The quantitative estimate of drug-likeness (QED) is 0.330. The van der Waals surface area contributed by atoms with Gasteiger partial charge in [-0.05, 0) is 60.3 Å². The Morgan fingerprint density at radius 1 is 0.854 bits per heavy atom. The number of carbonyl (C=O) groups excluding carboxylic acids is 2. The number of hydrogen-bond acceptors (Lipinski definition) is 5. The number of rotatable bonds is 8. The summed E-state index contributed by atoms with van der Waals surface area (Å²) < 4.78 is 11.7. The van der Waals surface area contributed by atoms with E-state index in [1.807, 2.05) is 31.2 Å². The van der Waals surface area contributed by atoms with Crippen molar-refractivity contribution in [1.82, 2.24) is 4.90 Å². The lowest BCUT2D eigenvalue weighted by Crippen LogP contribution is -2.45. The molecule has 0 N–H and O–H groups in total. The molecular weight excluding hydrogens is 510 g/mol. The highest BCUT2D eigenvalue weighted by molar-refractivity contribution is 6.06. The van der Waals surface area contributed by atoms with E-state index in [9.17, 15) is 9.59 Å². The van der Waals surface area contributed by atoms with Gasteiger partial charge in [-0.2, -0.15) is 0 Å². The summed E-state index contributed by atoms with van der Waals surface area (Å²) in [5.74, 6) is 3.46. The zero-order chi connectivity index (χ0) is 29.4. The number of benzene rings is 2. The second-order valence-electron chi connectivity index (χ2n) is 13.1. The SMILES string of the molecule is C#CCOc1ccc(C2C3=C(CC(C)(C)CC3=O)N(CCc3ccccc3)C3=C2C(=O)CC(C)(C)C3)cc1OCC. The first kappa shape index (κ1) is 28.7. The standard InChI is InChI=1S/C36H41NO4/c1-7-18-41-30-15-14-25(19-31(30)40-8-2)32-33-26(20-35(3,4)22-28(33)38)37(17-16-24-12-10-9-11-13-24)27-21-36(5,6)23-29(39)34(27)32/h1,9-15,19,32H,8,16-18,20-23H2,2-6H3. The molecule has 41 heavy (non-hydrogen) atoms. The van der Waals surface area contributed by atoms with Crippen molar-refractivity contribution in [3.8, 4) is 23.8 Å². The minimum absolute atomic E-state index is 0.126. The Morgan fingerprint density at radius 3 is 2.02 bits per heavy atom. The lowest BCUT2D eigenvalue weighted by atomic mass is 9.63. The van der Waals surface area contributed by atoms with Crippen molar-refractivity contribution in [3.05, 3.63) is 82.2 Å². The Kier molecular flexibility index (Phi) is 7.88. The molecule has 2 aliphatic carbocycles. The van der Waals surface area contributed by atoms with E-state index in [0.717, 1.165) is 53.9 Å². The highest BCUT2D eigenvalue weighted by Crippen LogP contribution is 2.55. The number of hydrogen-bond donors (Lipinski definition) is 0. The zero-order valence-corrected chi connectivity index (χ0v) is 25.0. The molecule has 0 aromatic heterocycles. The molecule has 0 unspecified atom stereocenters. The summed E-state index contributed by atoms with van der Waals surface area (Å²) in [6.45, 7) is 11.9. The van der Waals surface area contributed by atoms with Crippen LogP contribution in [0.5, 0.6) is 11.5 Å².